The third kappa shape index (κ3) is 2.67. The van der Waals surface area contributed by atoms with Gasteiger partial charge < -0.3 is 14.8 Å². The highest BCUT2D eigenvalue weighted by molar-refractivity contribution is 5.95. The van der Waals surface area contributed by atoms with Crippen molar-refractivity contribution < 1.29 is 18.7 Å². The van der Waals surface area contributed by atoms with Crippen molar-refractivity contribution >= 4 is 11.6 Å². The molecular weight excluding hydrogens is 273 g/mol. The molecule has 2 aromatic rings. The van der Waals surface area contributed by atoms with Crippen LogP contribution in [0.2, 0.25) is 0 Å². The normalized spacial score (nSPS) is 19.9. The van der Waals surface area contributed by atoms with E-state index in [0.717, 1.165) is 0 Å². The van der Waals surface area contributed by atoms with Crippen molar-refractivity contribution in [3.63, 3.8) is 0 Å². The molecule has 3 rings (SSSR count). The predicted molar refractivity (Wildman–Crippen MR) is 76.0 cm³/mol. The maximum Gasteiger partial charge on any atom is 0.269 e. The molecule has 5 heteroatoms. The van der Waals surface area contributed by atoms with E-state index >= 15 is 0 Å². The summed E-state index contributed by atoms with van der Waals surface area (Å²) in [5.74, 6) is 0.168. The number of anilines is 1. The lowest BCUT2D eigenvalue weighted by Crippen LogP contribution is -2.46. The number of nitrogens with one attached hydrogen (secondary N) is 1. The number of amides is 1. The van der Waals surface area contributed by atoms with E-state index in [1.165, 1.54) is 12.1 Å². The lowest BCUT2D eigenvalue weighted by atomic mass is 10.1. The van der Waals surface area contributed by atoms with Crippen LogP contribution in [0.4, 0.5) is 10.1 Å². The Bertz CT molecular complexity index is 674. The fourth-order valence-electron chi connectivity index (χ4n) is 2.17. The van der Waals surface area contributed by atoms with Crippen LogP contribution in [0.3, 0.4) is 0 Å². The number of para-hydroxylation sites is 3. The zero-order valence-corrected chi connectivity index (χ0v) is 11.4. The first-order valence-electron chi connectivity index (χ1n) is 6.63. The molecule has 0 saturated carbocycles. The van der Waals surface area contributed by atoms with E-state index < -0.39 is 23.9 Å². The van der Waals surface area contributed by atoms with Gasteiger partial charge in [0.05, 0.1) is 5.69 Å². The van der Waals surface area contributed by atoms with Crippen LogP contribution in [-0.4, -0.2) is 18.1 Å². The molecule has 0 unspecified atom stereocenters. The van der Waals surface area contributed by atoms with Crippen LogP contribution in [-0.2, 0) is 4.79 Å². The molecule has 1 amide bonds. The fraction of sp³-hybridized carbons (Fsp3) is 0.188. The Balaban J connectivity index is 1.78. The maximum atomic E-state index is 13.6. The number of benzene rings is 2. The van der Waals surface area contributed by atoms with Crippen LogP contribution in [0.1, 0.15) is 6.92 Å². The summed E-state index contributed by atoms with van der Waals surface area (Å²) in [6, 6.07) is 13.1. The molecule has 0 bridgehead atoms. The van der Waals surface area contributed by atoms with Gasteiger partial charge in [0, 0.05) is 0 Å². The smallest absolute Gasteiger partial charge is 0.269 e. The summed E-state index contributed by atoms with van der Waals surface area (Å²) >= 11 is 0. The second kappa shape index (κ2) is 5.44. The van der Waals surface area contributed by atoms with Crippen molar-refractivity contribution in [2.75, 3.05) is 5.32 Å². The summed E-state index contributed by atoms with van der Waals surface area (Å²) in [6.45, 7) is 1.74. The molecule has 0 fully saturated rings. The van der Waals surface area contributed by atoms with Crippen molar-refractivity contribution in [3.05, 3.63) is 54.3 Å². The van der Waals surface area contributed by atoms with Gasteiger partial charge in [-0.05, 0) is 31.2 Å². The van der Waals surface area contributed by atoms with Crippen molar-refractivity contribution in [2.45, 2.75) is 19.1 Å². The Hall–Kier alpha value is -2.56. The minimum absolute atomic E-state index is 0.122. The zero-order valence-electron chi connectivity index (χ0n) is 11.4. The highest BCUT2D eigenvalue weighted by Gasteiger charge is 2.34. The zero-order chi connectivity index (χ0) is 14.8. The van der Waals surface area contributed by atoms with Crippen LogP contribution in [0, 0.1) is 5.82 Å². The van der Waals surface area contributed by atoms with Gasteiger partial charge in [0.2, 0.25) is 6.10 Å². The Labute approximate surface area is 121 Å². The summed E-state index contributed by atoms with van der Waals surface area (Å²) < 4.78 is 24.9. The summed E-state index contributed by atoms with van der Waals surface area (Å²) in [6.07, 6.45) is -1.30. The Kier molecular flexibility index (Phi) is 3.48. The van der Waals surface area contributed by atoms with Gasteiger partial charge in [0.25, 0.3) is 5.91 Å². The number of ether oxygens (including phenoxy) is 2. The van der Waals surface area contributed by atoms with Gasteiger partial charge in [0.15, 0.2) is 11.5 Å². The molecule has 2 atom stereocenters. The lowest BCUT2D eigenvalue weighted by Gasteiger charge is -2.31. The third-order valence-electron chi connectivity index (χ3n) is 3.23. The molecule has 108 valence electrons. The first kappa shape index (κ1) is 13.4. The number of fused-ring (bicyclic) bond motifs is 1. The molecule has 0 saturated heterocycles. The quantitative estimate of drug-likeness (QED) is 0.923. The van der Waals surface area contributed by atoms with Crippen LogP contribution >= 0.6 is 0 Å². The molecule has 2 aromatic carbocycles. The Morgan fingerprint density at radius 2 is 1.67 bits per heavy atom. The number of halogens is 1. The SMILES string of the molecule is C[C@@H]1Oc2ccccc2O[C@H]1C(=O)Nc1ccccc1F. The minimum atomic E-state index is -0.834. The second-order valence-corrected chi connectivity index (χ2v) is 4.78. The minimum Gasteiger partial charge on any atom is -0.482 e. The maximum absolute atomic E-state index is 13.6. The van der Waals surface area contributed by atoms with Crippen LogP contribution in [0.5, 0.6) is 11.5 Å². The molecule has 0 aliphatic carbocycles. The van der Waals surface area contributed by atoms with Crippen molar-refractivity contribution in [3.8, 4) is 11.5 Å². The third-order valence-corrected chi connectivity index (χ3v) is 3.23. The monoisotopic (exact) mass is 287 g/mol. The average molecular weight is 287 g/mol. The number of carbonyl (C=O) groups excluding carboxylic acids is 1. The average Bonchev–Trinajstić information content (AvgIpc) is 2.49. The van der Waals surface area contributed by atoms with Gasteiger partial charge in [0.1, 0.15) is 11.9 Å². The number of rotatable bonds is 2. The van der Waals surface area contributed by atoms with Gasteiger partial charge in [-0.15, -0.1) is 0 Å². The molecule has 0 radical (unpaired) electrons. The molecule has 21 heavy (non-hydrogen) atoms. The number of hydrogen-bond donors (Lipinski definition) is 1. The van der Waals surface area contributed by atoms with Gasteiger partial charge in [-0.2, -0.15) is 0 Å². The van der Waals surface area contributed by atoms with Crippen LogP contribution in [0.25, 0.3) is 0 Å². The first-order valence-corrected chi connectivity index (χ1v) is 6.63. The summed E-state index contributed by atoms with van der Waals surface area (Å²) in [5.41, 5.74) is 0.122. The van der Waals surface area contributed by atoms with E-state index in [1.54, 1.807) is 37.3 Å². The molecule has 0 spiro atoms. The van der Waals surface area contributed by atoms with Crippen molar-refractivity contribution in [1.29, 1.82) is 0 Å². The van der Waals surface area contributed by atoms with Crippen LogP contribution in [0.15, 0.2) is 48.5 Å². The molecule has 1 heterocycles. The van der Waals surface area contributed by atoms with Gasteiger partial charge >= 0.3 is 0 Å². The van der Waals surface area contributed by atoms with E-state index in [2.05, 4.69) is 5.32 Å². The highest BCUT2D eigenvalue weighted by Crippen LogP contribution is 2.33. The molecule has 4 nitrogen and oxygen atoms in total. The van der Waals surface area contributed by atoms with E-state index in [-0.39, 0.29) is 5.69 Å². The second-order valence-electron chi connectivity index (χ2n) is 4.78. The van der Waals surface area contributed by atoms with E-state index in [4.69, 9.17) is 9.47 Å². The van der Waals surface area contributed by atoms with Gasteiger partial charge in [-0.3, -0.25) is 4.79 Å². The van der Waals surface area contributed by atoms with Gasteiger partial charge in [-0.1, -0.05) is 24.3 Å². The predicted octanol–water partition coefficient (Wildman–Crippen LogP) is 2.99. The summed E-state index contributed by atoms with van der Waals surface area (Å²) in [7, 11) is 0. The molecule has 1 aliphatic rings. The highest BCUT2D eigenvalue weighted by atomic mass is 19.1. The van der Waals surface area contributed by atoms with E-state index in [0.29, 0.717) is 11.5 Å². The van der Waals surface area contributed by atoms with Gasteiger partial charge in [-0.25, -0.2) is 4.39 Å². The standard InChI is InChI=1S/C16H14FNO3/c1-10-15(21-14-9-5-4-8-13(14)20-10)16(19)18-12-7-3-2-6-11(12)17/h2-10,15H,1H3,(H,18,19)/t10-,15+/m0/s1. The first-order chi connectivity index (χ1) is 10.1. The van der Waals surface area contributed by atoms with E-state index in [1.807, 2.05) is 6.07 Å². The Morgan fingerprint density at radius 1 is 1.05 bits per heavy atom. The largest absolute Gasteiger partial charge is 0.482 e. The fourth-order valence-corrected chi connectivity index (χ4v) is 2.17. The van der Waals surface area contributed by atoms with Crippen molar-refractivity contribution in [2.24, 2.45) is 0 Å². The number of carbonyl (C=O) groups is 1. The van der Waals surface area contributed by atoms with Crippen LogP contribution < -0.4 is 14.8 Å². The molecule has 1 N–H and O–H groups in total. The van der Waals surface area contributed by atoms with Crippen molar-refractivity contribution in [1.82, 2.24) is 0 Å². The Morgan fingerprint density at radius 3 is 2.38 bits per heavy atom. The molecule has 1 aliphatic heterocycles. The summed E-state index contributed by atoms with van der Waals surface area (Å²) in [5, 5.41) is 2.52. The molecular formula is C16H14FNO3. The van der Waals surface area contributed by atoms with E-state index in [9.17, 15) is 9.18 Å². The number of hydrogen-bond acceptors (Lipinski definition) is 3. The lowest BCUT2D eigenvalue weighted by molar-refractivity contribution is -0.128. The summed E-state index contributed by atoms with van der Waals surface area (Å²) in [4.78, 5) is 12.3. The topological polar surface area (TPSA) is 47.6 Å². The molecule has 0 aromatic heterocycles.